The zero-order valence-corrected chi connectivity index (χ0v) is 20.2. The number of quaternary nitrogens is 1. The van der Waals surface area contributed by atoms with Crippen molar-refractivity contribution in [2.24, 2.45) is 5.73 Å². The molecule has 0 aliphatic carbocycles. The van der Waals surface area contributed by atoms with Crippen LogP contribution in [0.2, 0.25) is 0 Å². The van der Waals surface area contributed by atoms with Crippen LogP contribution >= 0.6 is 0 Å². The van der Waals surface area contributed by atoms with E-state index in [-0.39, 0.29) is 11.9 Å². The number of likely N-dealkylation sites (tertiary alicyclic amines) is 2. The van der Waals surface area contributed by atoms with Crippen LogP contribution in [0.25, 0.3) is 0 Å². The van der Waals surface area contributed by atoms with Crippen molar-refractivity contribution in [1.82, 2.24) is 20.1 Å². The van der Waals surface area contributed by atoms with Gasteiger partial charge in [0.25, 0.3) is 5.91 Å². The Kier molecular flexibility index (Phi) is 8.91. The van der Waals surface area contributed by atoms with Gasteiger partial charge in [-0.25, -0.2) is 0 Å². The number of nitrogens with one attached hydrogen (secondary N) is 1. The Bertz CT molecular complexity index is 768. The molecule has 1 amide bonds. The predicted molar refractivity (Wildman–Crippen MR) is 130 cm³/mol. The standard InChI is InChI=1S/C24H41N7O2/c1-26-22-19(18-25)17-21(23(28-22)31-9-4-15-33-16-14-31)24(32)27-20-5-10-30(11-6-20)13-12-29-7-2-3-8-29/h17,20H,2-16,18,25H2,1H3,(H,26,28)(H,27,32)/p+1. The highest BCUT2D eigenvalue weighted by Gasteiger charge is 2.27. The lowest BCUT2D eigenvalue weighted by Crippen LogP contribution is -2.74. The van der Waals surface area contributed by atoms with Gasteiger partial charge in [0.05, 0.1) is 19.2 Å². The van der Waals surface area contributed by atoms with Gasteiger partial charge in [-0.3, -0.25) is 10.1 Å². The molecule has 0 saturated carbocycles. The van der Waals surface area contributed by atoms with E-state index in [4.69, 9.17) is 15.5 Å². The van der Waals surface area contributed by atoms with E-state index in [2.05, 4.69) is 20.0 Å². The number of hydrogen-bond acceptors (Lipinski definition) is 7. The molecule has 3 aliphatic heterocycles. The van der Waals surface area contributed by atoms with Crippen molar-refractivity contribution < 1.29 is 14.8 Å². The molecular formula is C24H42N7O2+. The fourth-order valence-corrected chi connectivity index (χ4v) is 5.19. The van der Waals surface area contributed by atoms with Crippen LogP contribution in [-0.4, -0.2) is 99.4 Å². The number of rotatable bonds is 8. The van der Waals surface area contributed by atoms with Crippen LogP contribution in [0, 0.1) is 0 Å². The van der Waals surface area contributed by atoms with E-state index in [9.17, 15) is 4.79 Å². The summed E-state index contributed by atoms with van der Waals surface area (Å²) in [6.07, 6.45) is 5.62. The SMILES string of the molecule is C[NH2+]c1nc(N2CCCOCC2)c(C(=O)NC2CCN(CCN3CCCC3)CC2)cc1CN. The fraction of sp³-hybridized carbons (Fsp3) is 0.750. The normalized spacial score (nSPS) is 21.3. The molecule has 0 unspecified atom stereocenters. The number of nitrogens with two attached hydrogens (primary N) is 2. The highest BCUT2D eigenvalue weighted by Crippen LogP contribution is 2.24. The molecule has 4 heterocycles. The molecule has 1 aromatic rings. The van der Waals surface area contributed by atoms with Gasteiger partial charge in [-0.2, -0.15) is 4.98 Å². The second kappa shape index (κ2) is 12.1. The lowest BCUT2D eigenvalue weighted by atomic mass is 10.0. The van der Waals surface area contributed by atoms with E-state index >= 15 is 0 Å². The number of hydrogen-bond donors (Lipinski definition) is 3. The van der Waals surface area contributed by atoms with E-state index < -0.39 is 0 Å². The number of ether oxygens (including phenoxy) is 1. The third-order valence-electron chi connectivity index (χ3n) is 7.23. The highest BCUT2D eigenvalue weighted by atomic mass is 16.5. The van der Waals surface area contributed by atoms with Crippen molar-refractivity contribution in [3.05, 3.63) is 17.2 Å². The first kappa shape index (κ1) is 24.3. The van der Waals surface area contributed by atoms with Gasteiger partial charge in [0.15, 0.2) is 0 Å². The summed E-state index contributed by atoms with van der Waals surface area (Å²) in [5.74, 6) is 1.59. The van der Waals surface area contributed by atoms with Crippen LogP contribution in [0.3, 0.4) is 0 Å². The lowest BCUT2D eigenvalue weighted by molar-refractivity contribution is -0.543. The third kappa shape index (κ3) is 6.42. The Labute approximate surface area is 198 Å². The van der Waals surface area contributed by atoms with E-state index in [1.54, 1.807) is 0 Å². The van der Waals surface area contributed by atoms with Crippen molar-refractivity contribution in [2.75, 3.05) is 77.5 Å². The van der Waals surface area contributed by atoms with Gasteiger partial charge in [-0.15, -0.1) is 0 Å². The number of aromatic nitrogens is 1. The van der Waals surface area contributed by atoms with Gasteiger partial charge in [0.1, 0.15) is 5.82 Å². The molecule has 0 radical (unpaired) electrons. The summed E-state index contributed by atoms with van der Waals surface area (Å²) >= 11 is 0. The van der Waals surface area contributed by atoms with Crippen molar-refractivity contribution in [2.45, 2.75) is 44.7 Å². The quantitative estimate of drug-likeness (QED) is 0.497. The van der Waals surface area contributed by atoms with Gasteiger partial charge in [0.2, 0.25) is 5.82 Å². The first-order valence-corrected chi connectivity index (χ1v) is 12.8. The molecule has 9 heteroatoms. The van der Waals surface area contributed by atoms with Crippen molar-refractivity contribution in [1.29, 1.82) is 0 Å². The number of pyridine rings is 1. The minimum absolute atomic E-state index is 0.0319. The monoisotopic (exact) mass is 460 g/mol. The number of anilines is 1. The molecule has 3 aliphatic rings. The summed E-state index contributed by atoms with van der Waals surface area (Å²) in [6, 6.07) is 2.16. The zero-order valence-electron chi connectivity index (χ0n) is 20.2. The Balaban J connectivity index is 1.39. The molecule has 184 valence electrons. The van der Waals surface area contributed by atoms with E-state index in [0.717, 1.165) is 75.8 Å². The van der Waals surface area contributed by atoms with Crippen LogP contribution in [0.1, 0.15) is 48.0 Å². The van der Waals surface area contributed by atoms with Crippen molar-refractivity contribution in [3.8, 4) is 0 Å². The fourth-order valence-electron chi connectivity index (χ4n) is 5.19. The molecule has 0 atom stereocenters. The Morgan fingerprint density at radius 1 is 1.09 bits per heavy atom. The molecule has 0 bridgehead atoms. The zero-order chi connectivity index (χ0) is 23.0. The van der Waals surface area contributed by atoms with Crippen LogP contribution in [0.4, 0.5) is 11.6 Å². The number of carbonyl (C=O) groups is 1. The Morgan fingerprint density at radius 3 is 2.52 bits per heavy atom. The summed E-state index contributed by atoms with van der Waals surface area (Å²) in [7, 11) is 1.97. The molecular weight excluding hydrogens is 418 g/mol. The molecule has 1 aromatic heterocycles. The number of amides is 1. The van der Waals surface area contributed by atoms with Gasteiger partial charge < -0.3 is 30.5 Å². The first-order valence-electron chi connectivity index (χ1n) is 12.8. The van der Waals surface area contributed by atoms with Crippen molar-refractivity contribution in [3.63, 3.8) is 0 Å². The second-order valence-electron chi connectivity index (χ2n) is 9.49. The predicted octanol–water partition coefficient (Wildman–Crippen LogP) is -0.118. The smallest absolute Gasteiger partial charge is 0.255 e. The molecule has 9 nitrogen and oxygen atoms in total. The van der Waals surface area contributed by atoms with Crippen LogP contribution in [-0.2, 0) is 11.3 Å². The van der Waals surface area contributed by atoms with E-state index in [0.29, 0.717) is 18.7 Å². The minimum Gasteiger partial charge on any atom is -0.380 e. The average Bonchev–Trinajstić information content (AvgIpc) is 3.23. The molecule has 0 aromatic carbocycles. The lowest BCUT2D eigenvalue weighted by Gasteiger charge is -2.33. The van der Waals surface area contributed by atoms with Crippen molar-refractivity contribution >= 4 is 17.5 Å². The maximum atomic E-state index is 13.4. The third-order valence-corrected chi connectivity index (χ3v) is 7.23. The van der Waals surface area contributed by atoms with E-state index in [1.165, 1.54) is 32.5 Å². The molecule has 0 spiro atoms. The van der Waals surface area contributed by atoms with Crippen LogP contribution < -0.4 is 21.3 Å². The summed E-state index contributed by atoms with van der Waals surface area (Å²) in [4.78, 5) is 25.6. The molecule has 5 N–H and O–H groups in total. The van der Waals surface area contributed by atoms with Gasteiger partial charge >= 0.3 is 0 Å². The topological polar surface area (TPSA) is 104 Å². The minimum atomic E-state index is -0.0319. The van der Waals surface area contributed by atoms with Crippen LogP contribution in [0.15, 0.2) is 6.07 Å². The largest absolute Gasteiger partial charge is 0.380 e. The molecule has 3 saturated heterocycles. The Hall–Kier alpha value is -1.78. The highest BCUT2D eigenvalue weighted by molar-refractivity contribution is 5.99. The molecule has 3 fully saturated rings. The molecule has 33 heavy (non-hydrogen) atoms. The Morgan fingerprint density at radius 2 is 1.82 bits per heavy atom. The maximum Gasteiger partial charge on any atom is 0.255 e. The summed E-state index contributed by atoms with van der Waals surface area (Å²) in [6.45, 7) is 10.3. The number of piperidine rings is 1. The average molecular weight is 461 g/mol. The summed E-state index contributed by atoms with van der Waals surface area (Å²) in [5, 5.41) is 5.28. The van der Waals surface area contributed by atoms with Crippen LogP contribution in [0.5, 0.6) is 0 Å². The maximum absolute atomic E-state index is 13.4. The summed E-state index contributed by atoms with van der Waals surface area (Å²) < 4.78 is 5.63. The van der Waals surface area contributed by atoms with Gasteiger partial charge in [0, 0.05) is 64.0 Å². The van der Waals surface area contributed by atoms with E-state index in [1.807, 2.05) is 18.4 Å². The molecule has 4 rings (SSSR count). The second-order valence-corrected chi connectivity index (χ2v) is 9.49. The van der Waals surface area contributed by atoms with Gasteiger partial charge in [-0.05, 0) is 51.3 Å². The first-order chi connectivity index (χ1) is 16.2. The van der Waals surface area contributed by atoms with Gasteiger partial charge in [-0.1, -0.05) is 0 Å². The number of carbonyl (C=O) groups excluding carboxylic acids is 1. The summed E-state index contributed by atoms with van der Waals surface area (Å²) in [5.41, 5.74) is 7.54. The number of nitrogens with zero attached hydrogens (tertiary/aromatic N) is 4.